The van der Waals surface area contributed by atoms with Crippen LogP contribution in [-0.4, -0.2) is 12.9 Å². The number of hydrogen-bond donors (Lipinski definition) is 0. The third kappa shape index (κ3) is 2.44. The van der Waals surface area contributed by atoms with Crippen molar-refractivity contribution in [1.82, 2.24) is 0 Å². The van der Waals surface area contributed by atoms with E-state index in [1.54, 1.807) is 19.2 Å². The van der Waals surface area contributed by atoms with Crippen molar-refractivity contribution in [3.8, 4) is 0 Å². The zero-order chi connectivity index (χ0) is 12.4. The number of hydrogen-bond acceptors (Lipinski definition) is 4. The number of rotatable bonds is 4. The molecule has 0 aromatic carbocycles. The van der Waals surface area contributed by atoms with E-state index < -0.39 is 0 Å². The van der Waals surface area contributed by atoms with Gasteiger partial charge in [-0.1, -0.05) is 11.6 Å². The maximum Gasteiger partial charge on any atom is 0.239 e. The Morgan fingerprint density at radius 1 is 1.53 bits per heavy atom. The van der Waals surface area contributed by atoms with E-state index in [-0.39, 0.29) is 5.78 Å². The second kappa shape index (κ2) is 5.04. The Balaban J connectivity index is 2.27. The van der Waals surface area contributed by atoms with E-state index in [4.69, 9.17) is 20.8 Å². The highest BCUT2D eigenvalue weighted by Gasteiger charge is 2.19. The summed E-state index contributed by atoms with van der Waals surface area (Å²) >= 11 is 7.37. The summed E-state index contributed by atoms with van der Waals surface area (Å²) in [5.74, 6) is 0.733. The zero-order valence-electron chi connectivity index (χ0n) is 9.45. The van der Waals surface area contributed by atoms with E-state index in [2.05, 4.69) is 0 Å². The normalized spacial score (nSPS) is 10.8. The molecule has 0 spiro atoms. The average molecular weight is 271 g/mol. The minimum Gasteiger partial charge on any atom is -0.455 e. The predicted molar refractivity (Wildman–Crippen MR) is 66.9 cm³/mol. The van der Waals surface area contributed by atoms with Crippen LogP contribution in [0.2, 0.25) is 5.02 Å². The van der Waals surface area contributed by atoms with E-state index in [9.17, 15) is 4.79 Å². The van der Waals surface area contributed by atoms with Gasteiger partial charge in [-0.3, -0.25) is 4.79 Å². The Bertz CT molecular complexity index is 542. The third-order valence-corrected chi connectivity index (χ3v) is 3.97. The Labute approximate surface area is 108 Å². The Morgan fingerprint density at radius 3 is 2.88 bits per heavy atom. The molecule has 17 heavy (non-hydrogen) atoms. The van der Waals surface area contributed by atoms with Crippen molar-refractivity contribution in [1.29, 1.82) is 0 Å². The molecule has 2 aromatic heterocycles. The maximum absolute atomic E-state index is 12.1. The lowest BCUT2D eigenvalue weighted by atomic mass is 10.2. The van der Waals surface area contributed by atoms with Gasteiger partial charge in [0.25, 0.3) is 0 Å². The van der Waals surface area contributed by atoms with Crippen LogP contribution in [-0.2, 0) is 11.3 Å². The predicted octanol–water partition coefficient (Wildman–Crippen LogP) is 3.68. The molecule has 0 aliphatic rings. The number of methoxy groups -OCH3 is 1. The molecular formula is C12H11ClO3S. The molecule has 0 bridgehead atoms. The van der Waals surface area contributed by atoms with Crippen LogP contribution in [0.25, 0.3) is 0 Å². The van der Waals surface area contributed by atoms with E-state index >= 15 is 0 Å². The van der Waals surface area contributed by atoms with Crippen LogP contribution >= 0.6 is 22.9 Å². The molecule has 0 aliphatic heterocycles. The highest BCUT2D eigenvalue weighted by Crippen LogP contribution is 2.29. The summed E-state index contributed by atoms with van der Waals surface area (Å²) in [6, 6.07) is 3.37. The van der Waals surface area contributed by atoms with Crippen LogP contribution in [0.1, 0.15) is 26.8 Å². The van der Waals surface area contributed by atoms with E-state index in [1.165, 1.54) is 11.3 Å². The quantitative estimate of drug-likeness (QED) is 0.796. The number of carbonyl (C=O) groups is 1. The van der Waals surface area contributed by atoms with Gasteiger partial charge in [0.05, 0.1) is 9.90 Å². The number of thiophene rings is 1. The third-order valence-electron chi connectivity index (χ3n) is 2.28. The van der Waals surface area contributed by atoms with Gasteiger partial charge >= 0.3 is 0 Å². The fraction of sp³-hybridized carbons (Fsp3) is 0.250. The van der Waals surface area contributed by atoms with E-state index in [1.807, 2.05) is 12.3 Å². The first-order chi connectivity index (χ1) is 8.13. The van der Waals surface area contributed by atoms with Gasteiger partial charge in [-0.25, -0.2) is 0 Å². The first-order valence-corrected chi connectivity index (χ1v) is 6.25. The van der Waals surface area contributed by atoms with Gasteiger partial charge in [-0.2, -0.15) is 0 Å². The Morgan fingerprint density at radius 2 is 2.29 bits per heavy atom. The van der Waals surface area contributed by atoms with Gasteiger partial charge < -0.3 is 9.15 Å². The summed E-state index contributed by atoms with van der Waals surface area (Å²) in [5, 5.41) is 2.36. The lowest BCUT2D eigenvalue weighted by Crippen LogP contribution is -1.97. The number of aryl methyl sites for hydroxylation is 1. The largest absolute Gasteiger partial charge is 0.455 e. The van der Waals surface area contributed by atoms with Gasteiger partial charge in [0.2, 0.25) is 5.78 Å². The number of ether oxygens (including phenoxy) is 1. The zero-order valence-corrected chi connectivity index (χ0v) is 11.0. The molecule has 0 N–H and O–H groups in total. The number of ketones is 1. The molecule has 0 radical (unpaired) electrons. The maximum atomic E-state index is 12.1. The van der Waals surface area contributed by atoms with Crippen LogP contribution in [0.3, 0.4) is 0 Å². The number of carbonyl (C=O) groups excluding carboxylic acids is 1. The highest BCUT2D eigenvalue weighted by molar-refractivity contribution is 7.13. The molecule has 5 heteroatoms. The summed E-state index contributed by atoms with van der Waals surface area (Å²) < 4.78 is 10.3. The minimum absolute atomic E-state index is 0.185. The van der Waals surface area contributed by atoms with Crippen LogP contribution < -0.4 is 0 Å². The molecule has 2 rings (SSSR count). The first-order valence-electron chi connectivity index (χ1n) is 4.99. The van der Waals surface area contributed by atoms with Crippen LogP contribution in [0.15, 0.2) is 21.9 Å². The molecule has 0 atom stereocenters. The fourth-order valence-corrected chi connectivity index (χ4v) is 2.64. The van der Waals surface area contributed by atoms with Gasteiger partial charge in [-0.05, 0) is 30.0 Å². The fourth-order valence-electron chi connectivity index (χ4n) is 1.41. The van der Waals surface area contributed by atoms with Crippen molar-refractivity contribution in [2.75, 3.05) is 7.11 Å². The van der Waals surface area contributed by atoms with Gasteiger partial charge in [0, 0.05) is 7.11 Å². The molecule has 0 amide bonds. The molecule has 0 fully saturated rings. The molecule has 2 aromatic rings. The molecule has 0 aliphatic carbocycles. The van der Waals surface area contributed by atoms with Crippen molar-refractivity contribution in [3.63, 3.8) is 0 Å². The summed E-state index contributed by atoms with van der Waals surface area (Å²) in [5.41, 5.74) is 0.906. The Hall–Kier alpha value is -1.10. The van der Waals surface area contributed by atoms with Crippen molar-refractivity contribution in [2.45, 2.75) is 13.5 Å². The monoisotopic (exact) mass is 270 g/mol. The van der Waals surface area contributed by atoms with Crippen LogP contribution in [0.5, 0.6) is 0 Å². The number of furan rings is 1. The summed E-state index contributed by atoms with van der Waals surface area (Å²) in [6.07, 6.45) is 0. The Kier molecular flexibility index (Phi) is 3.66. The molecule has 90 valence electrons. The van der Waals surface area contributed by atoms with Gasteiger partial charge in [0.1, 0.15) is 12.4 Å². The van der Waals surface area contributed by atoms with Gasteiger partial charge in [-0.15, -0.1) is 11.3 Å². The number of halogens is 1. The summed E-state index contributed by atoms with van der Waals surface area (Å²) in [6.45, 7) is 2.22. The standard InChI is InChI=1S/C12H11ClO3S/c1-7-6-17-12(10(7)13)11(14)9-4-3-8(16-9)5-15-2/h3-4,6H,5H2,1-2H3. The van der Waals surface area contributed by atoms with Gasteiger partial charge in [0.15, 0.2) is 5.76 Å². The van der Waals surface area contributed by atoms with Crippen LogP contribution in [0, 0.1) is 6.92 Å². The molecule has 3 nitrogen and oxygen atoms in total. The molecule has 0 saturated carbocycles. The average Bonchev–Trinajstić information content (AvgIpc) is 2.88. The molecule has 2 heterocycles. The van der Waals surface area contributed by atoms with Crippen LogP contribution in [0.4, 0.5) is 0 Å². The van der Waals surface area contributed by atoms with E-state index in [0.29, 0.717) is 28.0 Å². The minimum atomic E-state index is -0.185. The summed E-state index contributed by atoms with van der Waals surface area (Å²) in [4.78, 5) is 12.6. The van der Waals surface area contributed by atoms with E-state index in [0.717, 1.165) is 5.56 Å². The summed E-state index contributed by atoms with van der Waals surface area (Å²) in [7, 11) is 1.57. The van der Waals surface area contributed by atoms with Crippen molar-refractivity contribution in [2.24, 2.45) is 0 Å². The van der Waals surface area contributed by atoms with Crippen molar-refractivity contribution in [3.05, 3.63) is 44.5 Å². The first kappa shape index (κ1) is 12.4. The van der Waals surface area contributed by atoms with Crippen molar-refractivity contribution >= 4 is 28.7 Å². The lowest BCUT2D eigenvalue weighted by molar-refractivity contribution is 0.100. The second-order valence-corrected chi connectivity index (χ2v) is 4.85. The highest BCUT2D eigenvalue weighted by atomic mass is 35.5. The molecular weight excluding hydrogens is 260 g/mol. The lowest BCUT2D eigenvalue weighted by Gasteiger charge is -1.96. The molecule has 0 saturated heterocycles. The second-order valence-electron chi connectivity index (χ2n) is 3.59. The van der Waals surface area contributed by atoms with Crippen molar-refractivity contribution < 1.29 is 13.9 Å². The molecule has 0 unspecified atom stereocenters. The topological polar surface area (TPSA) is 39.4 Å². The SMILES string of the molecule is COCc1ccc(C(=O)c2scc(C)c2Cl)o1. The smallest absolute Gasteiger partial charge is 0.239 e.